The highest BCUT2D eigenvalue weighted by molar-refractivity contribution is 5.99. The molecule has 2 amide bonds. The van der Waals surface area contributed by atoms with Gasteiger partial charge in [0, 0.05) is 23.9 Å². The lowest BCUT2D eigenvalue weighted by Gasteiger charge is -2.45. The molecule has 190 valence electrons. The zero-order valence-corrected chi connectivity index (χ0v) is 18.3. The highest BCUT2D eigenvalue weighted by Crippen LogP contribution is 2.58. The van der Waals surface area contributed by atoms with Crippen LogP contribution >= 0.6 is 0 Å². The Balaban J connectivity index is 1.35. The average Bonchev–Trinajstić information content (AvgIpc) is 3.54. The number of carbonyl (C=O) groups is 2. The molecule has 2 aliphatic heterocycles. The van der Waals surface area contributed by atoms with Crippen molar-refractivity contribution in [3.63, 3.8) is 0 Å². The number of aromatic hydroxyl groups is 1. The molecule has 1 saturated heterocycles. The van der Waals surface area contributed by atoms with E-state index in [4.69, 9.17) is 4.74 Å². The van der Waals surface area contributed by atoms with E-state index < -0.39 is 64.2 Å². The van der Waals surface area contributed by atoms with Crippen molar-refractivity contribution in [3.05, 3.63) is 63.1 Å². The molecule has 36 heavy (non-hydrogen) atoms. The van der Waals surface area contributed by atoms with Gasteiger partial charge < -0.3 is 24.6 Å². The molecule has 2 N–H and O–H groups in total. The summed E-state index contributed by atoms with van der Waals surface area (Å²) in [5.41, 5.74) is -3.67. The molecule has 0 spiro atoms. The van der Waals surface area contributed by atoms with Crippen molar-refractivity contribution >= 4 is 11.8 Å². The van der Waals surface area contributed by atoms with Crippen molar-refractivity contribution in [1.29, 1.82) is 0 Å². The van der Waals surface area contributed by atoms with E-state index in [1.165, 1.54) is 4.90 Å². The van der Waals surface area contributed by atoms with Gasteiger partial charge >= 0.3 is 6.18 Å². The number of benzene rings is 1. The standard InChI is InChI=1S/C23H18F5N3O5/c24-8-1-2-9(13(25)3-8)20(23(26,27)28)29-21(34)12-6-30-7-16-31(22(35)17(30)19(33)18(12)32)14-5-15(36-16)11-4-10(11)14/h1-3,6,10-11,14-16,20,33H,4-5,7H2,(H,29,34)/t10-,11+,14+,15?,16-,20?/m0/s1. The molecule has 8 nitrogen and oxygen atoms in total. The van der Waals surface area contributed by atoms with Gasteiger partial charge in [-0.25, -0.2) is 8.78 Å². The van der Waals surface area contributed by atoms with Crippen molar-refractivity contribution in [2.45, 2.75) is 50.0 Å². The predicted octanol–water partition coefficient (Wildman–Crippen LogP) is 2.45. The van der Waals surface area contributed by atoms with Crippen molar-refractivity contribution in [1.82, 2.24) is 14.8 Å². The first kappa shape index (κ1) is 23.0. The first-order chi connectivity index (χ1) is 17.0. The summed E-state index contributed by atoms with van der Waals surface area (Å²) in [6.45, 7) is -0.0447. The molecule has 2 unspecified atom stereocenters. The Labute approximate surface area is 199 Å². The van der Waals surface area contributed by atoms with E-state index in [1.54, 1.807) is 5.32 Å². The summed E-state index contributed by atoms with van der Waals surface area (Å²) in [5.74, 6) is -5.32. The van der Waals surface area contributed by atoms with Crippen LogP contribution in [0.15, 0.2) is 29.2 Å². The number of pyridine rings is 1. The molecule has 3 heterocycles. The van der Waals surface area contributed by atoms with Crippen molar-refractivity contribution in [2.24, 2.45) is 11.8 Å². The lowest BCUT2D eigenvalue weighted by molar-refractivity contribution is -0.155. The summed E-state index contributed by atoms with van der Waals surface area (Å²) in [6.07, 6.45) is -3.47. The minimum absolute atomic E-state index is 0.0236. The van der Waals surface area contributed by atoms with Crippen molar-refractivity contribution < 1.29 is 41.4 Å². The van der Waals surface area contributed by atoms with Gasteiger partial charge in [0.25, 0.3) is 11.8 Å². The van der Waals surface area contributed by atoms with Gasteiger partial charge in [-0.1, -0.05) is 6.07 Å². The number of carbonyl (C=O) groups excluding carboxylic acids is 2. The van der Waals surface area contributed by atoms with Crippen LogP contribution in [-0.4, -0.2) is 50.9 Å². The maximum absolute atomic E-state index is 14.1. The van der Waals surface area contributed by atoms with Gasteiger partial charge in [-0.3, -0.25) is 14.4 Å². The summed E-state index contributed by atoms with van der Waals surface area (Å²) < 4.78 is 75.5. The minimum Gasteiger partial charge on any atom is -0.503 e. The van der Waals surface area contributed by atoms with Crippen LogP contribution in [0.4, 0.5) is 22.0 Å². The van der Waals surface area contributed by atoms with Gasteiger partial charge in [0.1, 0.15) is 17.2 Å². The predicted molar refractivity (Wildman–Crippen MR) is 110 cm³/mol. The summed E-state index contributed by atoms with van der Waals surface area (Å²) in [6, 6.07) is -1.63. The van der Waals surface area contributed by atoms with Gasteiger partial charge in [0.05, 0.1) is 12.6 Å². The number of hydrogen-bond acceptors (Lipinski definition) is 5. The Hall–Kier alpha value is -3.48. The zero-order valence-electron chi connectivity index (χ0n) is 18.3. The van der Waals surface area contributed by atoms with Gasteiger partial charge in [-0.05, 0) is 30.7 Å². The molecule has 1 aromatic carbocycles. The number of ether oxygens (including phenoxy) is 1. The molecule has 3 fully saturated rings. The summed E-state index contributed by atoms with van der Waals surface area (Å²) in [5, 5.41) is 12.1. The van der Waals surface area contributed by atoms with Crippen LogP contribution in [0.25, 0.3) is 0 Å². The van der Waals surface area contributed by atoms with Crippen LogP contribution < -0.4 is 10.7 Å². The zero-order chi connectivity index (χ0) is 25.7. The van der Waals surface area contributed by atoms with E-state index in [9.17, 15) is 41.4 Å². The molecule has 2 aliphatic carbocycles. The molecular formula is C23H18F5N3O5. The first-order valence-electron chi connectivity index (χ1n) is 11.2. The maximum Gasteiger partial charge on any atom is 0.412 e. The molecule has 2 aromatic rings. The van der Waals surface area contributed by atoms with E-state index in [1.807, 2.05) is 0 Å². The fourth-order valence-corrected chi connectivity index (χ4v) is 5.81. The number of fused-ring (bicyclic) bond motifs is 8. The van der Waals surface area contributed by atoms with E-state index >= 15 is 0 Å². The second kappa shape index (κ2) is 7.51. The van der Waals surface area contributed by atoms with Crippen molar-refractivity contribution in [3.8, 4) is 5.75 Å². The molecule has 2 bridgehead atoms. The van der Waals surface area contributed by atoms with Gasteiger partial charge in [0.2, 0.25) is 5.43 Å². The second-order valence-corrected chi connectivity index (χ2v) is 9.54. The molecular weight excluding hydrogens is 493 g/mol. The van der Waals surface area contributed by atoms with Gasteiger partial charge in [-0.15, -0.1) is 0 Å². The third-order valence-corrected chi connectivity index (χ3v) is 7.50. The molecule has 13 heteroatoms. The SMILES string of the molecule is O=C(NC(c1ccc(F)cc1F)C(F)(F)F)c1cn2c(c(O)c1=O)C(=O)N1[C@H](C2)OC2C[C@@H]1[C@H]1C[C@@H]21. The van der Waals surface area contributed by atoms with Crippen LogP contribution in [0.3, 0.4) is 0 Å². The Morgan fingerprint density at radius 1 is 1.17 bits per heavy atom. The van der Waals surface area contributed by atoms with Crippen LogP contribution in [0.1, 0.15) is 45.3 Å². The second-order valence-electron chi connectivity index (χ2n) is 9.54. The quantitative estimate of drug-likeness (QED) is 0.617. The molecule has 1 aromatic heterocycles. The normalized spacial score (nSPS) is 28.8. The molecule has 2 saturated carbocycles. The first-order valence-corrected chi connectivity index (χ1v) is 11.2. The van der Waals surface area contributed by atoms with Crippen LogP contribution in [-0.2, 0) is 11.3 Å². The minimum atomic E-state index is -5.20. The Kier molecular flexibility index (Phi) is 4.79. The molecule has 4 aliphatic rings. The summed E-state index contributed by atoms with van der Waals surface area (Å²) >= 11 is 0. The third kappa shape index (κ3) is 3.32. The fourth-order valence-electron chi connectivity index (χ4n) is 5.81. The highest BCUT2D eigenvalue weighted by Gasteiger charge is 2.63. The van der Waals surface area contributed by atoms with Crippen LogP contribution in [0.2, 0.25) is 0 Å². The molecule has 6 rings (SSSR count). The smallest absolute Gasteiger partial charge is 0.412 e. The molecule has 0 radical (unpaired) electrons. The maximum atomic E-state index is 14.1. The monoisotopic (exact) mass is 511 g/mol. The molecule has 6 atom stereocenters. The Morgan fingerprint density at radius 3 is 2.61 bits per heavy atom. The van der Waals surface area contributed by atoms with Crippen LogP contribution in [0.5, 0.6) is 5.75 Å². The van der Waals surface area contributed by atoms with Crippen LogP contribution in [0, 0.1) is 23.5 Å². The van der Waals surface area contributed by atoms with E-state index in [-0.39, 0.29) is 30.5 Å². The lowest BCUT2D eigenvalue weighted by Crippen LogP contribution is -2.58. The number of hydrogen-bond donors (Lipinski definition) is 2. The van der Waals surface area contributed by atoms with Crippen molar-refractivity contribution in [2.75, 3.05) is 0 Å². The number of halogens is 5. The Morgan fingerprint density at radius 2 is 1.92 bits per heavy atom. The van der Waals surface area contributed by atoms with Gasteiger partial charge in [0.15, 0.2) is 23.7 Å². The number of rotatable bonds is 3. The highest BCUT2D eigenvalue weighted by atomic mass is 19.4. The third-order valence-electron chi connectivity index (χ3n) is 7.50. The van der Waals surface area contributed by atoms with E-state index in [2.05, 4.69) is 0 Å². The Bertz CT molecular complexity index is 1380. The van der Waals surface area contributed by atoms with E-state index in [0.717, 1.165) is 17.2 Å². The summed E-state index contributed by atoms with van der Waals surface area (Å²) in [4.78, 5) is 40.3. The number of alkyl halides is 3. The largest absolute Gasteiger partial charge is 0.503 e. The number of nitrogens with zero attached hydrogens (tertiary/aromatic N) is 2. The lowest BCUT2D eigenvalue weighted by atomic mass is 10.0. The number of nitrogens with one attached hydrogen (secondary N) is 1. The average molecular weight is 511 g/mol. The number of aromatic nitrogens is 1. The number of amides is 2. The van der Waals surface area contributed by atoms with E-state index in [0.29, 0.717) is 30.4 Å². The van der Waals surface area contributed by atoms with Gasteiger partial charge in [-0.2, -0.15) is 13.2 Å². The topological polar surface area (TPSA) is 101 Å². The fraction of sp³-hybridized carbons (Fsp3) is 0.435. The summed E-state index contributed by atoms with van der Waals surface area (Å²) in [7, 11) is 0.